The van der Waals surface area contributed by atoms with Crippen LogP contribution in [0, 0.1) is 16.7 Å². The third-order valence-electron chi connectivity index (χ3n) is 2.77. The Morgan fingerprint density at radius 2 is 1.73 bits per heavy atom. The molecule has 0 bridgehead atoms. The molecule has 1 atom stereocenters. The van der Waals surface area contributed by atoms with E-state index in [0.717, 1.165) is 6.42 Å². The maximum absolute atomic E-state index is 11.7. The molecule has 90 valence electrons. The minimum absolute atomic E-state index is 0.102. The fraction of sp³-hybridized carbons (Fsp3) is 0.917. The lowest BCUT2D eigenvalue weighted by atomic mass is 9.71. The number of hydrogen-bond donors (Lipinski definition) is 1. The van der Waals surface area contributed by atoms with Crippen molar-refractivity contribution in [2.24, 2.45) is 22.5 Å². The molecule has 3 nitrogen and oxygen atoms in total. The molecule has 0 amide bonds. The van der Waals surface area contributed by atoms with Crippen molar-refractivity contribution < 1.29 is 9.53 Å². The molecule has 0 aliphatic rings. The molecule has 0 heterocycles. The van der Waals surface area contributed by atoms with E-state index in [1.54, 1.807) is 0 Å². The van der Waals surface area contributed by atoms with Crippen molar-refractivity contribution in [3.05, 3.63) is 0 Å². The number of carbonyl (C=O) groups excluding carboxylic acids is 1. The van der Waals surface area contributed by atoms with E-state index in [0.29, 0.717) is 6.54 Å². The molecule has 3 heteroatoms. The van der Waals surface area contributed by atoms with Crippen LogP contribution in [0.15, 0.2) is 0 Å². The first-order chi connectivity index (χ1) is 6.64. The number of carbonyl (C=O) groups is 1. The maximum Gasteiger partial charge on any atom is 0.309 e. The lowest BCUT2D eigenvalue weighted by Gasteiger charge is -2.35. The van der Waals surface area contributed by atoms with Crippen molar-refractivity contribution in [2.75, 3.05) is 13.7 Å². The van der Waals surface area contributed by atoms with Gasteiger partial charge in [-0.05, 0) is 23.8 Å². The van der Waals surface area contributed by atoms with Gasteiger partial charge in [-0.3, -0.25) is 4.79 Å². The van der Waals surface area contributed by atoms with Gasteiger partial charge in [0, 0.05) is 0 Å². The van der Waals surface area contributed by atoms with Gasteiger partial charge in [-0.1, -0.05) is 34.6 Å². The Balaban J connectivity index is 4.82. The Hall–Kier alpha value is -0.570. The smallest absolute Gasteiger partial charge is 0.309 e. The first kappa shape index (κ1) is 14.4. The molecule has 0 aromatic rings. The molecule has 2 N–H and O–H groups in total. The third-order valence-corrected chi connectivity index (χ3v) is 2.77. The summed E-state index contributed by atoms with van der Waals surface area (Å²) in [6, 6.07) is 0. The van der Waals surface area contributed by atoms with Gasteiger partial charge < -0.3 is 10.5 Å². The highest BCUT2D eigenvalue weighted by Gasteiger charge is 2.37. The van der Waals surface area contributed by atoms with Gasteiger partial charge in [-0.2, -0.15) is 0 Å². The molecule has 0 spiro atoms. The maximum atomic E-state index is 11.7. The first-order valence-electron chi connectivity index (χ1n) is 5.42. The molecule has 15 heavy (non-hydrogen) atoms. The van der Waals surface area contributed by atoms with Crippen LogP contribution in [0.3, 0.4) is 0 Å². The minimum atomic E-state index is -0.208. The second kappa shape index (κ2) is 4.97. The molecule has 1 unspecified atom stereocenters. The van der Waals surface area contributed by atoms with Crippen molar-refractivity contribution in [2.45, 2.75) is 41.0 Å². The molecular formula is C12H25NO2. The number of hydrogen-bond acceptors (Lipinski definition) is 3. The third kappa shape index (κ3) is 4.65. The second-order valence-electron chi connectivity index (χ2n) is 6.03. The van der Waals surface area contributed by atoms with E-state index >= 15 is 0 Å². The molecule has 0 aromatic heterocycles. The highest BCUT2D eigenvalue weighted by molar-refractivity contribution is 5.73. The van der Waals surface area contributed by atoms with Crippen molar-refractivity contribution in [3.63, 3.8) is 0 Å². The normalized spacial score (nSPS) is 14.9. The molecule has 0 aromatic carbocycles. The molecular weight excluding hydrogens is 190 g/mol. The number of esters is 1. The van der Waals surface area contributed by atoms with Crippen molar-refractivity contribution in [3.8, 4) is 0 Å². The number of methoxy groups -OCH3 is 1. The van der Waals surface area contributed by atoms with E-state index in [2.05, 4.69) is 20.8 Å². The van der Waals surface area contributed by atoms with Crippen LogP contribution in [-0.4, -0.2) is 19.6 Å². The van der Waals surface area contributed by atoms with E-state index < -0.39 is 0 Å². The van der Waals surface area contributed by atoms with Crippen LogP contribution >= 0.6 is 0 Å². The number of ether oxygens (including phenoxy) is 1. The van der Waals surface area contributed by atoms with Crippen molar-refractivity contribution in [1.29, 1.82) is 0 Å². The standard InChI is InChI=1S/C12H25NO2/c1-11(2,3)7-9(10(14)15-6)12(4,5)8-13/h9H,7-8,13H2,1-6H3. The highest BCUT2D eigenvalue weighted by atomic mass is 16.5. The minimum Gasteiger partial charge on any atom is -0.469 e. The predicted octanol–water partition coefficient (Wildman–Crippen LogP) is 2.20. The van der Waals surface area contributed by atoms with Gasteiger partial charge in [0.2, 0.25) is 0 Å². The summed E-state index contributed by atoms with van der Waals surface area (Å²) in [5.41, 5.74) is 5.61. The zero-order valence-corrected chi connectivity index (χ0v) is 10.9. The van der Waals surface area contributed by atoms with Gasteiger partial charge in [0.25, 0.3) is 0 Å². The van der Waals surface area contributed by atoms with E-state index in [9.17, 15) is 4.79 Å². The Bertz CT molecular complexity index is 216. The summed E-state index contributed by atoms with van der Waals surface area (Å²) in [6.07, 6.45) is 0.796. The highest BCUT2D eigenvalue weighted by Crippen LogP contribution is 2.36. The zero-order chi connectivity index (χ0) is 12.3. The molecule has 0 saturated heterocycles. The van der Waals surface area contributed by atoms with Crippen LogP contribution in [0.2, 0.25) is 0 Å². The molecule has 0 fully saturated rings. The summed E-state index contributed by atoms with van der Waals surface area (Å²) in [6.45, 7) is 10.9. The lowest BCUT2D eigenvalue weighted by Crippen LogP contribution is -2.39. The average molecular weight is 215 g/mol. The van der Waals surface area contributed by atoms with Gasteiger partial charge >= 0.3 is 5.97 Å². The molecule has 0 aliphatic heterocycles. The summed E-state index contributed by atoms with van der Waals surface area (Å²) in [5, 5.41) is 0. The predicted molar refractivity (Wildman–Crippen MR) is 62.4 cm³/mol. The van der Waals surface area contributed by atoms with Crippen LogP contribution in [0.5, 0.6) is 0 Å². The summed E-state index contributed by atoms with van der Waals surface area (Å²) >= 11 is 0. The van der Waals surface area contributed by atoms with E-state index in [-0.39, 0.29) is 22.7 Å². The Kier molecular flexibility index (Phi) is 4.78. The largest absolute Gasteiger partial charge is 0.469 e. The van der Waals surface area contributed by atoms with Crippen LogP contribution < -0.4 is 5.73 Å². The van der Waals surface area contributed by atoms with Crippen LogP contribution in [-0.2, 0) is 9.53 Å². The summed E-state index contributed by atoms with van der Waals surface area (Å²) in [5.74, 6) is -0.284. The van der Waals surface area contributed by atoms with Gasteiger partial charge in [0.05, 0.1) is 13.0 Å². The van der Waals surface area contributed by atoms with Crippen molar-refractivity contribution >= 4 is 5.97 Å². The lowest BCUT2D eigenvalue weighted by molar-refractivity contribution is -0.151. The van der Waals surface area contributed by atoms with Gasteiger partial charge in [0.15, 0.2) is 0 Å². The van der Waals surface area contributed by atoms with Gasteiger partial charge in [-0.25, -0.2) is 0 Å². The average Bonchev–Trinajstić information content (AvgIpc) is 2.11. The van der Waals surface area contributed by atoms with Crippen molar-refractivity contribution in [1.82, 2.24) is 0 Å². The number of rotatable bonds is 4. The van der Waals surface area contributed by atoms with Gasteiger partial charge in [-0.15, -0.1) is 0 Å². The topological polar surface area (TPSA) is 52.3 Å². The second-order valence-corrected chi connectivity index (χ2v) is 6.03. The molecule has 0 aliphatic carbocycles. The fourth-order valence-electron chi connectivity index (χ4n) is 1.58. The first-order valence-corrected chi connectivity index (χ1v) is 5.42. The molecule has 0 saturated carbocycles. The molecule has 0 rings (SSSR count). The van der Waals surface area contributed by atoms with E-state index in [4.69, 9.17) is 10.5 Å². The fourth-order valence-corrected chi connectivity index (χ4v) is 1.58. The summed E-state index contributed by atoms with van der Waals surface area (Å²) in [7, 11) is 1.44. The van der Waals surface area contributed by atoms with Gasteiger partial charge in [0.1, 0.15) is 0 Å². The Labute approximate surface area is 93.4 Å². The number of nitrogens with two attached hydrogens (primary N) is 1. The Morgan fingerprint density at radius 3 is 2.00 bits per heavy atom. The van der Waals surface area contributed by atoms with Crippen LogP contribution in [0.4, 0.5) is 0 Å². The summed E-state index contributed by atoms with van der Waals surface area (Å²) < 4.78 is 4.85. The summed E-state index contributed by atoms with van der Waals surface area (Å²) in [4.78, 5) is 11.7. The van der Waals surface area contributed by atoms with E-state index in [1.165, 1.54) is 7.11 Å². The Morgan fingerprint density at radius 1 is 1.27 bits per heavy atom. The van der Waals surface area contributed by atoms with Crippen LogP contribution in [0.1, 0.15) is 41.0 Å². The molecule has 0 radical (unpaired) electrons. The zero-order valence-electron chi connectivity index (χ0n) is 10.9. The van der Waals surface area contributed by atoms with Crippen LogP contribution in [0.25, 0.3) is 0 Å². The monoisotopic (exact) mass is 215 g/mol. The quantitative estimate of drug-likeness (QED) is 0.731. The van der Waals surface area contributed by atoms with E-state index in [1.807, 2.05) is 13.8 Å². The SMILES string of the molecule is COC(=O)C(CC(C)(C)C)C(C)(C)CN.